The highest BCUT2D eigenvalue weighted by Crippen LogP contribution is 2.24. The van der Waals surface area contributed by atoms with E-state index in [-0.39, 0.29) is 12.3 Å². The van der Waals surface area contributed by atoms with Crippen LogP contribution < -0.4 is 4.74 Å². The number of rotatable bonds is 7. The Labute approximate surface area is 146 Å². The van der Waals surface area contributed by atoms with E-state index in [9.17, 15) is 31.7 Å². The molecule has 0 aliphatic heterocycles. The van der Waals surface area contributed by atoms with Crippen LogP contribution >= 0.6 is 0 Å². The molecule has 0 amide bonds. The normalized spacial score (nSPS) is 11.8. The molecule has 0 aromatic heterocycles. The van der Waals surface area contributed by atoms with Crippen LogP contribution in [0.4, 0.5) is 18.9 Å². The van der Waals surface area contributed by atoms with Crippen molar-refractivity contribution in [1.82, 2.24) is 4.31 Å². The van der Waals surface area contributed by atoms with Crippen LogP contribution in [0, 0.1) is 15.9 Å². The number of nitrogens with zero attached hydrogens (tertiary/aromatic N) is 2. The summed E-state index contributed by atoms with van der Waals surface area (Å²) in [5.41, 5.74) is -0.484. The van der Waals surface area contributed by atoms with Crippen molar-refractivity contribution in [2.75, 3.05) is 7.05 Å². The minimum atomic E-state index is -4.13. The van der Waals surface area contributed by atoms with E-state index in [1.807, 2.05) is 0 Å². The molecule has 0 aliphatic carbocycles. The van der Waals surface area contributed by atoms with E-state index < -0.39 is 38.0 Å². The van der Waals surface area contributed by atoms with Crippen molar-refractivity contribution in [3.05, 3.63) is 64.0 Å². The molecule has 11 heteroatoms. The van der Waals surface area contributed by atoms with Crippen molar-refractivity contribution in [2.45, 2.75) is 18.1 Å². The summed E-state index contributed by atoms with van der Waals surface area (Å²) in [6.45, 7) is -3.11. The molecule has 7 nitrogen and oxygen atoms in total. The quantitative estimate of drug-likeness (QED) is 0.535. The van der Waals surface area contributed by atoms with E-state index in [0.717, 1.165) is 10.4 Å². The lowest BCUT2D eigenvalue weighted by molar-refractivity contribution is -0.387. The number of hydrogen-bond donors (Lipinski definition) is 0. The molecule has 0 radical (unpaired) electrons. The molecular formula is C15H13F3N2O5S. The molecule has 0 atom stereocenters. The molecule has 2 aromatic carbocycles. The van der Waals surface area contributed by atoms with Gasteiger partial charge in [-0.1, -0.05) is 12.1 Å². The van der Waals surface area contributed by atoms with Gasteiger partial charge in [-0.05, 0) is 29.8 Å². The molecule has 0 bridgehead atoms. The third kappa shape index (κ3) is 4.49. The molecule has 140 valence electrons. The molecule has 0 heterocycles. The van der Waals surface area contributed by atoms with Crippen LogP contribution in [-0.4, -0.2) is 31.3 Å². The first-order valence-electron chi connectivity index (χ1n) is 7.05. The van der Waals surface area contributed by atoms with Gasteiger partial charge in [0.05, 0.1) is 9.82 Å². The van der Waals surface area contributed by atoms with Crippen LogP contribution in [0.25, 0.3) is 0 Å². The van der Waals surface area contributed by atoms with E-state index in [2.05, 4.69) is 4.74 Å². The van der Waals surface area contributed by atoms with Gasteiger partial charge < -0.3 is 4.74 Å². The average Bonchev–Trinajstić information content (AvgIpc) is 2.56. The van der Waals surface area contributed by atoms with Crippen LogP contribution in [-0.2, 0) is 16.6 Å². The standard InChI is InChI=1S/C15H13F3N2O5S/c1-19(9-10-2-4-11(5-3-10)25-15(17)18)26(23,24)12-6-7-13(16)14(8-12)20(21)22/h2-8,15H,9H2,1H3. The predicted octanol–water partition coefficient (Wildman–Crippen LogP) is 3.16. The summed E-state index contributed by atoms with van der Waals surface area (Å²) in [4.78, 5) is 9.31. The van der Waals surface area contributed by atoms with Crippen molar-refractivity contribution in [1.29, 1.82) is 0 Å². The minimum absolute atomic E-state index is 0.0802. The van der Waals surface area contributed by atoms with E-state index in [4.69, 9.17) is 0 Å². The molecule has 26 heavy (non-hydrogen) atoms. The first-order valence-corrected chi connectivity index (χ1v) is 8.49. The Morgan fingerprint density at radius 3 is 2.35 bits per heavy atom. The lowest BCUT2D eigenvalue weighted by atomic mass is 10.2. The molecule has 2 rings (SSSR count). The number of nitro benzene ring substituents is 1. The number of nitro groups is 1. The van der Waals surface area contributed by atoms with Crippen molar-refractivity contribution in [3.8, 4) is 5.75 Å². The third-order valence-electron chi connectivity index (χ3n) is 3.38. The molecule has 0 N–H and O–H groups in total. The van der Waals surface area contributed by atoms with Gasteiger partial charge in [-0.3, -0.25) is 10.1 Å². The zero-order valence-electron chi connectivity index (χ0n) is 13.3. The Kier molecular flexibility index (Phi) is 5.83. The van der Waals surface area contributed by atoms with Gasteiger partial charge in [0.15, 0.2) is 0 Å². The van der Waals surface area contributed by atoms with Crippen LogP contribution in [0.1, 0.15) is 5.56 Å². The zero-order valence-corrected chi connectivity index (χ0v) is 14.1. The van der Waals surface area contributed by atoms with Gasteiger partial charge in [-0.25, -0.2) is 8.42 Å². The molecular weight excluding hydrogens is 377 g/mol. The molecule has 0 unspecified atom stereocenters. The van der Waals surface area contributed by atoms with Crippen LogP contribution in [0.5, 0.6) is 5.75 Å². The fourth-order valence-corrected chi connectivity index (χ4v) is 3.27. The highest BCUT2D eigenvalue weighted by atomic mass is 32.2. The lowest BCUT2D eigenvalue weighted by Gasteiger charge is -2.17. The topological polar surface area (TPSA) is 89.8 Å². The summed E-state index contributed by atoms with van der Waals surface area (Å²) >= 11 is 0. The third-order valence-corrected chi connectivity index (χ3v) is 5.18. The van der Waals surface area contributed by atoms with Gasteiger partial charge in [0.1, 0.15) is 5.75 Å². The van der Waals surface area contributed by atoms with Gasteiger partial charge in [-0.2, -0.15) is 17.5 Å². The zero-order chi connectivity index (χ0) is 19.5. The Morgan fingerprint density at radius 1 is 1.19 bits per heavy atom. The largest absolute Gasteiger partial charge is 0.435 e. The Balaban J connectivity index is 2.21. The fraction of sp³-hybridized carbons (Fsp3) is 0.200. The minimum Gasteiger partial charge on any atom is -0.435 e. The summed E-state index contributed by atoms with van der Waals surface area (Å²) in [6.07, 6.45) is 0. The predicted molar refractivity (Wildman–Crippen MR) is 84.8 cm³/mol. The first-order chi connectivity index (χ1) is 12.1. The van der Waals surface area contributed by atoms with Crippen LogP contribution in [0.15, 0.2) is 47.4 Å². The van der Waals surface area contributed by atoms with Crippen molar-refractivity contribution in [2.24, 2.45) is 0 Å². The molecule has 0 fully saturated rings. The summed E-state index contributed by atoms with van der Waals surface area (Å²) in [7, 11) is -2.90. The lowest BCUT2D eigenvalue weighted by Crippen LogP contribution is -2.26. The molecule has 0 saturated heterocycles. The van der Waals surface area contributed by atoms with Crippen LogP contribution in [0.2, 0.25) is 0 Å². The number of sulfonamides is 1. The number of alkyl halides is 2. The van der Waals surface area contributed by atoms with Gasteiger partial charge in [0, 0.05) is 19.7 Å². The van der Waals surface area contributed by atoms with E-state index >= 15 is 0 Å². The van der Waals surface area contributed by atoms with Gasteiger partial charge in [0.2, 0.25) is 15.8 Å². The van der Waals surface area contributed by atoms with Gasteiger partial charge in [-0.15, -0.1) is 0 Å². The highest BCUT2D eigenvalue weighted by molar-refractivity contribution is 7.89. The van der Waals surface area contributed by atoms with Crippen molar-refractivity contribution in [3.63, 3.8) is 0 Å². The maximum Gasteiger partial charge on any atom is 0.387 e. The number of halogens is 3. The van der Waals surface area contributed by atoms with E-state index in [1.165, 1.54) is 31.3 Å². The summed E-state index contributed by atoms with van der Waals surface area (Å²) < 4.78 is 67.7. The van der Waals surface area contributed by atoms with Gasteiger partial charge in [0.25, 0.3) is 0 Å². The van der Waals surface area contributed by atoms with E-state index in [0.29, 0.717) is 17.7 Å². The van der Waals surface area contributed by atoms with E-state index in [1.54, 1.807) is 0 Å². The maximum absolute atomic E-state index is 13.4. The fourth-order valence-electron chi connectivity index (χ4n) is 2.09. The number of ether oxygens (including phenoxy) is 1. The average molecular weight is 390 g/mol. The second-order valence-electron chi connectivity index (χ2n) is 5.15. The Morgan fingerprint density at radius 2 is 1.81 bits per heavy atom. The smallest absolute Gasteiger partial charge is 0.387 e. The molecule has 2 aromatic rings. The Hall–Kier alpha value is -2.66. The van der Waals surface area contributed by atoms with Gasteiger partial charge >= 0.3 is 12.3 Å². The second kappa shape index (κ2) is 7.70. The van der Waals surface area contributed by atoms with Crippen LogP contribution in [0.3, 0.4) is 0 Å². The molecule has 0 saturated carbocycles. The summed E-state index contributed by atoms with van der Waals surface area (Å²) in [5, 5.41) is 10.8. The Bertz CT molecular complexity index is 904. The van der Waals surface area contributed by atoms with Crippen molar-refractivity contribution < 1.29 is 31.2 Å². The SMILES string of the molecule is CN(Cc1ccc(OC(F)F)cc1)S(=O)(=O)c1ccc(F)c([N+](=O)[O-])c1. The number of benzene rings is 2. The monoisotopic (exact) mass is 390 g/mol. The highest BCUT2D eigenvalue weighted by Gasteiger charge is 2.25. The molecule has 0 aliphatic rings. The maximum atomic E-state index is 13.4. The second-order valence-corrected chi connectivity index (χ2v) is 7.20. The number of hydrogen-bond acceptors (Lipinski definition) is 5. The summed E-state index contributed by atoms with van der Waals surface area (Å²) in [5.74, 6) is -1.23. The molecule has 0 spiro atoms. The first kappa shape index (κ1) is 19.7. The van der Waals surface area contributed by atoms with Crippen molar-refractivity contribution >= 4 is 15.7 Å². The summed E-state index contributed by atoms with van der Waals surface area (Å²) in [6, 6.07) is 7.58.